The number of aldehydes is 1. The Bertz CT molecular complexity index is 116. The van der Waals surface area contributed by atoms with Crippen LogP contribution in [0.2, 0.25) is 0 Å². The third-order valence-corrected chi connectivity index (χ3v) is 0.938. The van der Waals surface area contributed by atoms with Gasteiger partial charge >= 0.3 is 0 Å². The summed E-state index contributed by atoms with van der Waals surface area (Å²) in [6.45, 7) is 3.45. The van der Waals surface area contributed by atoms with E-state index in [0.717, 1.165) is 0 Å². The molecule has 9 heavy (non-hydrogen) atoms. The maximum Gasteiger partial charge on any atom is 0.140 e. The van der Waals surface area contributed by atoms with Gasteiger partial charge in [0.1, 0.15) is 12.1 Å². The van der Waals surface area contributed by atoms with E-state index in [1.807, 2.05) is 0 Å². The van der Waals surface area contributed by atoms with Crippen LogP contribution in [0.3, 0.4) is 0 Å². The average molecular weight is 126 g/mol. The number of Topliss-reactive ketones (excluding diaryl/α,β-unsaturated/α-hetero) is 1. The molecule has 0 aliphatic heterocycles. The van der Waals surface area contributed by atoms with Crippen molar-refractivity contribution in [3.8, 4) is 0 Å². The van der Waals surface area contributed by atoms with Crippen molar-refractivity contribution in [2.45, 2.75) is 19.3 Å². The highest BCUT2D eigenvalue weighted by molar-refractivity contribution is 5.89. The van der Waals surface area contributed by atoms with Crippen LogP contribution >= 0.6 is 0 Å². The predicted molar refractivity (Wildman–Crippen MR) is 35.1 cm³/mol. The summed E-state index contributed by atoms with van der Waals surface area (Å²) in [5, 5.41) is 0. The molecule has 2 heteroatoms. The Morgan fingerprint density at radius 3 is 2.67 bits per heavy atom. The number of ketones is 1. The second-order valence-corrected chi connectivity index (χ2v) is 1.74. The second kappa shape index (κ2) is 5.22. The highest BCUT2D eigenvalue weighted by Crippen LogP contribution is 1.92. The van der Waals surface area contributed by atoms with Crippen molar-refractivity contribution >= 4 is 12.1 Å². The minimum Gasteiger partial charge on any atom is -0.303 e. The summed E-state index contributed by atoms with van der Waals surface area (Å²) in [5.41, 5.74) is 0. The first kappa shape index (κ1) is 8.08. The first-order valence-corrected chi connectivity index (χ1v) is 2.87. The fourth-order valence-corrected chi connectivity index (χ4v) is 0.458. The molecule has 0 saturated carbocycles. The van der Waals surface area contributed by atoms with E-state index in [4.69, 9.17) is 0 Å². The number of hydrogen-bond acceptors (Lipinski definition) is 2. The maximum atomic E-state index is 10.5. The van der Waals surface area contributed by atoms with Gasteiger partial charge in [-0.05, 0) is 6.42 Å². The summed E-state index contributed by atoms with van der Waals surface area (Å²) in [6, 6.07) is 0. The Labute approximate surface area is 54.6 Å². The molecule has 0 aromatic heterocycles. The highest BCUT2D eigenvalue weighted by Gasteiger charge is 1.96. The summed E-state index contributed by atoms with van der Waals surface area (Å²) in [6.07, 6.45) is 3.47. The molecule has 50 valence electrons. The molecule has 0 spiro atoms. The molecule has 2 nitrogen and oxygen atoms in total. The Kier molecular flexibility index (Phi) is 4.69. The summed E-state index contributed by atoms with van der Waals surface area (Å²) in [4.78, 5) is 20.3. The van der Waals surface area contributed by atoms with Crippen LogP contribution in [0.1, 0.15) is 19.3 Å². The van der Waals surface area contributed by atoms with E-state index >= 15 is 0 Å². The topological polar surface area (TPSA) is 34.1 Å². The van der Waals surface area contributed by atoms with Gasteiger partial charge in [-0.1, -0.05) is 6.08 Å². The number of rotatable bonds is 5. The van der Waals surface area contributed by atoms with Gasteiger partial charge in [-0.15, -0.1) is 6.58 Å². The molecule has 0 bridgehead atoms. The zero-order valence-corrected chi connectivity index (χ0v) is 5.30. The molecule has 0 aromatic carbocycles. The summed E-state index contributed by atoms with van der Waals surface area (Å²) in [7, 11) is 0. The van der Waals surface area contributed by atoms with Crippen molar-refractivity contribution in [1.29, 1.82) is 0 Å². The van der Waals surface area contributed by atoms with Gasteiger partial charge in [-0.3, -0.25) is 4.79 Å². The van der Waals surface area contributed by atoms with Gasteiger partial charge in [0, 0.05) is 6.42 Å². The highest BCUT2D eigenvalue weighted by atomic mass is 16.1. The molecule has 0 fully saturated rings. The molecule has 0 atom stereocenters. The zero-order chi connectivity index (χ0) is 7.11. The van der Waals surface area contributed by atoms with Crippen LogP contribution in [0.5, 0.6) is 0 Å². The predicted octanol–water partition coefficient (Wildman–Crippen LogP) is 1.11. The van der Waals surface area contributed by atoms with Crippen molar-refractivity contribution in [3.05, 3.63) is 12.7 Å². The summed E-state index contributed by atoms with van der Waals surface area (Å²) in [5.74, 6) is -0.00935. The van der Waals surface area contributed by atoms with Crippen LogP contribution in [0.15, 0.2) is 12.7 Å². The standard InChI is InChI=1S/C7H10O2/c1-2-3-4-7(9)5-6-8/h2,6H,1,3-5H2. The van der Waals surface area contributed by atoms with Crippen LogP contribution in [0.25, 0.3) is 0 Å². The molecule has 0 aliphatic rings. The molecule has 0 amide bonds. The van der Waals surface area contributed by atoms with Gasteiger partial charge in [0.25, 0.3) is 0 Å². The van der Waals surface area contributed by atoms with Crippen molar-refractivity contribution in [3.63, 3.8) is 0 Å². The monoisotopic (exact) mass is 126 g/mol. The van der Waals surface area contributed by atoms with Gasteiger partial charge in [-0.25, -0.2) is 0 Å². The normalized spacial score (nSPS) is 8.44. The lowest BCUT2D eigenvalue weighted by Crippen LogP contribution is -1.96. The molecule has 0 aliphatic carbocycles. The molecule has 0 aromatic rings. The molecular formula is C7H10O2. The van der Waals surface area contributed by atoms with Crippen LogP contribution in [0, 0.1) is 0 Å². The number of carbonyl (C=O) groups excluding carboxylic acids is 2. The first-order chi connectivity index (χ1) is 4.31. The van der Waals surface area contributed by atoms with Crippen LogP contribution in [0.4, 0.5) is 0 Å². The fourth-order valence-electron chi connectivity index (χ4n) is 0.458. The lowest BCUT2D eigenvalue weighted by atomic mass is 10.2. The Morgan fingerprint density at radius 1 is 1.56 bits per heavy atom. The Morgan fingerprint density at radius 2 is 2.22 bits per heavy atom. The lowest BCUT2D eigenvalue weighted by molar-refractivity contribution is -0.122. The second-order valence-electron chi connectivity index (χ2n) is 1.74. The van der Waals surface area contributed by atoms with E-state index in [0.29, 0.717) is 19.1 Å². The van der Waals surface area contributed by atoms with Crippen LogP contribution in [-0.4, -0.2) is 12.1 Å². The van der Waals surface area contributed by atoms with E-state index < -0.39 is 0 Å². The quantitative estimate of drug-likeness (QED) is 0.314. The van der Waals surface area contributed by atoms with Gasteiger partial charge in [0.15, 0.2) is 0 Å². The number of hydrogen-bond donors (Lipinski definition) is 0. The van der Waals surface area contributed by atoms with Gasteiger partial charge < -0.3 is 4.79 Å². The van der Waals surface area contributed by atoms with Crippen molar-refractivity contribution in [1.82, 2.24) is 0 Å². The molecule has 0 heterocycles. The summed E-state index contributed by atoms with van der Waals surface area (Å²) >= 11 is 0. The van der Waals surface area contributed by atoms with Crippen LogP contribution in [-0.2, 0) is 9.59 Å². The largest absolute Gasteiger partial charge is 0.303 e. The summed E-state index contributed by atoms with van der Waals surface area (Å²) < 4.78 is 0. The van der Waals surface area contributed by atoms with Gasteiger partial charge in [0.2, 0.25) is 0 Å². The first-order valence-electron chi connectivity index (χ1n) is 2.87. The lowest BCUT2D eigenvalue weighted by Gasteiger charge is -1.88. The van der Waals surface area contributed by atoms with E-state index in [-0.39, 0.29) is 12.2 Å². The molecule has 0 radical (unpaired) electrons. The molecule has 0 rings (SSSR count). The third-order valence-electron chi connectivity index (χ3n) is 0.938. The minimum absolute atomic E-state index is 0.00935. The smallest absolute Gasteiger partial charge is 0.140 e. The Balaban J connectivity index is 3.26. The van der Waals surface area contributed by atoms with Crippen molar-refractivity contribution < 1.29 is 9.59 Å². The number of carbonyl (C=O) groups is 2. The van der Waals surface area contributed by atoms with E-state index in [1.165, 1.54) is 0 Å². The molecule has 0 N–H and O–H groups in total. The molecular weight excluding hydrogens is 116 g/mol. The fraction of sp³-hybridized carbons (Fsp3) is 0.429. The minimum atomic E-state index is -0.00935. The van der Waals surface area contributed by atoms with E-state index in [9.17, 15) is 9.59 Å². The van der Waals surface area contributed by atoms with E-state index in [2.05, 4.69) is 6.58 Å². The maximum absolute atomic E-state index is 10.5. The Hall–Kier alpha value is -0.920. The average Bonchev–Trinajstić information content (AvgIpc) is 1.85. The molecule has 0 unspecified atom stereocenters. The van der Waals surface area contributed by atoms with E-state index in [1.54, 1.807) is 6.08 Å². The number of allylic oxidation sites excluding steroid dienone is 1. The zero-order valence-electron chi connectivity index (χ0n) is 5.30. The molecule has 0 saturated heterocycles. The van der Waals surface area contributed by atoms with Crippen molar-refractivity contribution in [2.75, 3.05) is 0 Å². The van der Waals surface area contributed by atoms with Crippen LogP contribution < -0.4 is 0 Å². The van der Waals surface area contributed by atoms with Crippen molar-refractivity contribution in [2.24, 2.45) is 0 Å². The SMILES string of the molecule is C=CCCC(=O)CC=O. The third kappa shape index (κ3) is 4.94. The van der Waals surface area contributed by atoms with Gasteiger partial charge in [0.05, 0.1) is 6.42 Å². The van der Waals surface area contributed by atoms with Gasteiger partial charge in [-0.2, -0.15) is 0 Å².